The van der Waals surface area contributed by atoms with Crippen molar-refractivity contribution < 1.29 is 18.3 Å². The average Bonchev–Trinajstić information content (AvgIpc) is 3.34. The molecular weight excluding hydrogens is 410 g/mol. The molecule has 0 bridgehead atoms. The zero-order valence-corrected chi connectivity index (χ0v) is 16.6. The average molecular weight is 426 g/mol. The number of nitrogens with zero attached hydrogens (tertiary/aromatic N) is 3. The zero-order valence-electron chi connectivity index (χ0n) is 15.8. The molecule has 0 spiro atoms. The zero-order chi connectivity index (χ0) is 21.1. The lowest BCUT2D eigenvalue weighted by atomic mass is 10.2. The number of ether oxygens (including phenoxy) is 1. The minimum absolute atomic E-state index is 0.00111. The highest BCUT2D eigenvalue weighted by molar-refractivity contribution is 7.12. The number of anilines is 1. The number of aryl methyl sites for hydroxylation is 1. The molecule has 1 N–H and O–H groups in total. The number of nitrogens with one attached hydrogen (secondary N) is 1. The SMILES string of the molecule is Cc1cc(NC(=O)COc2ccccc2F)n(-c2nc(-c3ccc(F)cc3)cs2)n1. The number of hydrogen-bond donors (Lipinski definition) is 1. The molecule has 1 amide bonds. The number of para-hydroxylation sites is 1. The summed E-state index contributed by atoms with van der Waals surface area (Å²) >= 11 is 1.33. The van der Waals surface area contributed by atoms with E-state index in [0.29, 0.717) is 22.3 Å². The van der Waals surface area contributed by atoms with Crippen molar-refractivity contribution in [1.82, 2.24) is 14.8 Å². The van der Waals surface area contributed by atoms with Crippen LogP contribution in [0, 0.1) is 18.6 Å². The molecule has 6 nitrogen and oxygen atoms in total. The van der Waals surface area contributed by atoms with Gasteiger partial charge in [-0.25, -0.2) is 13.8 Å². The Balaban J connectivity index is 1.49. The van der Waals surface area contributed by atoms with Crippen molar-refractivity contribution in [2.45, 2.75) is 6.92 Å². The van der Waals surface area contributed by atoms with Crippen LogP contribution in [0.15, 0.2) is 60.0 Å². The smallest absolute Gasteiger partial charge is 0.263 e. The van der Waals surface area contributed by atoms with Gasteiger partial charge in [0.25, 0.3) is 5.91 Å². The first kappa shape index (κ1) is 19.7. The number of halogens is 2. The summed E-state index contributed by atoms with van der Waals surface area (Å²) in [4.78, 5) is 16.8. The number of amides is 1. The van der Waals surface area contributed by atoms with Crippen molar-refractivity contribution >= 4 is 23.1 Å². The summed E-state index contributed by atoms with van der Waals surface area (Å²) in [6.45, 7) is 1.43. The van der Waals surface area contributed by atoms with E-state index in [1.165, 1.54) is 46.4 Å². The molecule has 4 aromatic rings. The predicted molar refractivity (Wildman–Crippen MR) is 110 cm³/mol. The van der Waals surface area contributed by atoms with Gasteiger partial charge in [-0.1, -0.05) is 12.1 Å². The van der Waals surface area contributed by atoms with E-state index in [4.69, 9.17) is 4.74 Å². The third-order valence-electron chi connectivity index (χ3n) is 4.11. The van der Waals surface area contributed by atoms with E-state index in [2.05, 4.69) is 15.4 Å². The van der Waals surface area contributed by atoms with Gasteiger partial charge in [-0.3, -0.25) is 4.79 Å². The summed E-state index contributed by atoms with van der Waals surface area (Å²) in [5.41, 5.74) is 2.12. The highest BCUT2D eigenvalue weighted by Gasteiger charge is 2.15. The number of hydrogen-bond acceptors (Lipinski definition) is 5. The topological polar surface area (TPSA) is 69.0 Å². The molecule has 30 heavy (non-hydrogen) atoms. The monoisotopic (exact) mass is 426 g/mol. The molecule has 2 aromatic heterocycles. The maximum atomic E-state index is 13.6. The van der Waals surface area contributed by atoms with Gasteiger partial charge in [0.05, 0.1) is 11.4 Å². The largest absolute Gasteiger partial charge is 0.481 e. The van der Waals surface area contributed by atoms with E-state index in [1.54, 1.807) is 31.2 Å². The van der Waals surface area contributed by atoms with E-state index in [9.17, 15) is 13.6 Å². The number of carbonyl (C=O) groups is 1. The molecule has 0 saturated heterocycles. The second-order valence-corrected chi connectivity index (χ2v) is 7.21. The Morgan fingerprint density at radius 2 is 1.93 bits per heavy atom. The standard InChI is InChI=1S/C21H16F2N4O2S/c1-13-10-19(25-20(28)11-29-18-5-3-2-4-16(18)23)27(26-13)21-24-17(12-30-21)14-6-8-15(22)9-7-14/h2-10,12H,11H2,1H3,(H,25,28). The number of rotatable bonds is 6. The minimum Gasteiger partial charge on any atom is -0.481 e. The fourth-order valence-corrected chi connectivity index (χ4v) is 3.53. The highest BCUT2D eigenvalue weighted by Crippen LogP contribution is 2.26. The molecule has 0 fully saturated rings. The summed E-state index contributed by atoms with van der Waals surface area (Å²) in [5, 5.41) is 9.44. The summed E-state index contributed by atoms with van der Waals surface area (Å²) in [7, 11) is 0. The molecule has 0 aliphatic heterocycles. The molecule has 0 radical (unpaired) electrons. The predicted octanol–water partition coefficient (Wildman–Crippen LogP) is 4.60. The van der Waals surface area contributed by atoms with E-state index in [0.717, 1.165) is 5.56 Å². The van der Waals surface area contributed by atoms with Crippen LogP contribution in [0.3, 0.4) is 0 Å². The quantitative estimate of drug-likeness (QED) is 0.489. The first-order chi connectivity index (χ1) is 14.5. The van der Waals surface area contributed by atoms with Crippen LogP contribution in [0.5, 0.6) is 5.75 Å². The molecule has 0 unspecified atom stereocenters. The number of aromatic nitrogens is 3. The molecule has 0 aliphatic carbocycles. The van der Waals surface area contributed by atoms with Crippen molar-refractivity contribution in [3.63, 3.8) is 0 Å². The number of benzene rings is 2. The molecule has 2 heterocycles. The van der Waals surface area contributed by atoms with Crippen LogP contribution >= 0.6 is 11.3 Å². The fourth-order valence-electron chi connectivity index (χ4n) is 2.73. The summed E-state index contributed by atoms with van der Waals surface area (Å²) < 4.78 is 33.5. The minimum atomic E-state index is -0.540. The van der Waals surface area contributed by atoms with Gasteiger partial charge in [0.2, 0.25) is 5.13 Å². The van der Waals surface area contributed by atoms with E-state index >= 15 is 0 Å². The van der Waals surface area contributed by atoms with Crippen LogP contribution in [-0.2, 0) is 4.79 Å². The Kier molecular flexibility index (Phi) is 5.53. The molecule has 152 valence electrons. The normalized spacial score (nSPS) is 10.8. The van der Waals surface area contributed by atoms with Crippen molar-refractivity contribution in [3.8, 4) is 22.1 Å². The Morgan fingerprint density at radius 3 is 2.70 bits per heavy atom. The van der Waals surface area contributed by atoms with Gasteiger partial charge in [-0.15, -0.1) is 11.3 Å². The van der Waals surface area contributed by atoms with Crippen LogP contribution in [0.2, 0.25) is 0 Å². The second kappa shape index (κ2) is 8.42. The van der Waals surface area contributed by atoms with Crippen LogP contribution < -0.4 is 10.1 Å². The van der Waals surface area contributed by atoms with Crippen LogP contribution in [-0.4, -0.2) is 27.3 Å². The lowest BCUT2D eigenvalue weighted by Gasteiger charge is -2.08. The van der Waals surface area contributed by atoms with Crippen LogP contribution in [0.4, 0.5) is 14.6 Å². The van der Waals surface area contributed by atoms with Crippen molar-refractivity contribution in [2.24, 2.45) is 0 Å². The van der Waals surface area contributed by atoms with Gasteiger partial charge in [-0.2, -0.15) is 9.78 Å². The van der Waals surface area contributed by atoms with Gasteiger partial charge in [0, 0.05) is 17.0 Å². The highest BCUT2D eigenvalue weighted by atomic mass is 32.1. The third kappa shape index (κ3) is 4.36. The number of thiazole rings is 1. The maximum absolute atomic E-state index is 13.6. The van der Waals surface area contributed by atoms with Crippen LogP contribution in [0.25, 0.3) is 16.4 Å². The van der Waals surface area contributed by atoms with Gasteiger partial charge in [0.1, 0.15) is 11.6 Å². The van der Waals surface area contributed by atoms with Crippen molar-refractivity contribution in [1.29, 1.82) is 0 Å². The molecule has 0 atom stereocenters. The van der Waals surface area contributed by atoms with Crippen molar-refractivity contribution in [2.75, 3.05) is 11.9 Å². The Morgan fingerprint density at radius 1 is 1.17 bits per heavy atom. The molecule has 9 heteroatoms. The molecule has 2 aromatic carbocycles. The fraction of sp³-hybridized carbons (Fsp3) is 0.0952. The van der Waals surface area contributed by atoms with Crippen molar-refractivity contribution in [3.05, 3.63) is 77.3 Å². The lowest BCUT2D eigenvalue weighted by molar-refractivity contribution is -0.118. The Hall–Kier alpha value is -3.59. The third-order valence-corrected chi connectivity index (χ3v) is 4.92. The molecular formula is C21H16F2N4O2S. The molecule has 0 saturated carbocycles. The van der Waals surface area contributed by atoms with Gasteiger partial charge >= 0.3 is 0 Å². The lowest BCUT2D eigenvalue weighted by Crippen LogP contribution is -2.22. The van der Waals surface area contributed by atoms with E-state index < -0.39 is 11.7 Å². The van der Waals surface area contributed by atoms with E-state index in [1.807, 2.05) is 5.38 Å². The summed E-state index contributed by atoms with van der Waals surface area (Å²) in [5.74, 6) is -0.910. The summed E-state index contributed by atoms with van der Waals surface area (Å²) in [6, 6.07) is 13.6. The Bertz CT molecular complexity index is 1190. The molecule has 0 aliphatic rings. The van der Waals surface area contributed by atoms with E-state index in [-0.39, 0.29) is 18.2 Å². The maximum Gasteiger partial charge on any atom is 0.263 e. The van der Waals surface area contributed by atoms with Gasteiger partial charge in [0.15, 0.2) is 18.2 Å². The first-order valence-corrected chi connectivity index (χ1v) is 9.83. The Labute approximate surface area is 174 Å². The molecule has 4 rings (SSSR count). The van der Waals surface area contributed by atoms with Gasteiger partial charge < -0.3 is 10.1 Å². The first-order valence-electron chi connectivity index (χ1n) is 8.95. The van der Waals surface area contributed by atoms with Gasteiger partial charge in [-0.05, 0) is 43.3 Å². The second-order valence-electron chi connectivity index (χ2n) is 6.37. The van der Waals surface area contributed by atoms with Crippen LogP contribution in [0.1, 0.15) is 5.69 Å². The number of carbonyl (C=O) groups excluding carboxylic acids is 1. The summed E-state index contributed by atoms with van der Waals surface area (Å²) in [6.07, 6.45) is 0.